The third-order valence-electron chi connectivity index (χ3n) is 5.34. The summed E-state index contributed by atoms with van der Waals surface area (Å²) in [6.45, 7) is 0.285. The molecule has 1 aromatic heterocycles. The first-order valence-electron chi connectivity index (χ1n) is 9.34. The Balaban J connectivity index is 1.82. The molecule has 1 saturated heterocycles. The number of nitrogens with zero attached hydrogens (tertiary/aromatic N) is 3. The molecule has 0 aliphatic carbocycles. The maximum Gasteiger partial charge on any atom is 0.434 e. The summed E-state index contributed by atoms with van der Waals surface area (Å²) in [6, 6.07) is 3.70. The number of fused-ring (bicyclic) bond motifs is 5. The summed E-state index contributed by atoms with van der Waals surface area (Å²) in [7, 11) is 1.40. The van der Waals surface area contributed by atoms with Crippen LogP contribution in [0.1, 0.15) is 45.4 Å². The van der Waals surface area contributed by atoms with E-state index in [9.17, 15) is 35.9 Å². The summed E-state index contributed by atoms with van der Waals surface area (Å²) in [5.74, 6) is -1.92. The van der Waals surface area contributed by atoms with Gasteiger partial charge in [0, 0.05) is 6.54 Å². The molecule has 0 spiro atoms. The zero-order valence-electron chi connectivity index (χ0n) is 16.3. The van der Waals surface area contributed by atoms with Crippen LogP contribution in [-0.4, -0.2) is 58.4 Å². The lowest BCUT2D eigenvalue weighted by Gasteiger charge is -2.24. The van der Waals surface area contributed by atoms with Gasteiger partial charge in [-0.05, 0) is 31.0 Å². The van der Waals surface area contributed by atoms with Crippen LogP contribution in [0.5, 0.6) is 5.75 Å². The first-order chi connectivity index (χ1) is 14.9. The van der Waals surface area contributed by atoms with Gasteiger partial charge in [0.15, 0.2) is 5.69 Å². The zero-order valence-corrected chi connectivity index (χ0v) is 16.3. The summed E-state index contributed by atoms with van der Waals surface area (Å²) >= 11 is 0. The molecule has 0 saturated carbocycles. The number of rotatable bonds is 3. The number of aromatic nitrogens is 2. The van der Waals surface area contributed by atoms with Crippen LogP contribution in [0.2, 0.25) is 0 Å². The Morgan fingerprint density at radius 3 is 2.50 bits per heavy atom. The van der Waals surface area contributed by atoms with Gasteiger partial charge >= 0.3 is 18.3 Å². The predicted octanol–water partition coefficient (Wildman–Crippen LogP) is 3.82. The molecule has 172 valence electrons. The van der Waals surface area contributed by atoms with Crippen molar-refractivity contribution in [3.63, 3.8) is 0 Å². The molecule has 2 aromatic rings. The number of carbonyl (C=O) groups excluding carboxylic acids is 2. The monoisotopic (exact) mass is 463 g/mol. The van der Waals surface area contributed by atoms with Crippen molar-refractivity contribution in [3.8, 4) is 11.4 Å². The highest BCUT2D eigenvalue weighted by Gasteiger charge is 2.60. The van der Waals surface area contributed by atoms with Gasteiger partial charge in [0.25, 0.3) is 12.0 Å². The Morgan fingerprint density at radius 1 is 1.19 bits per heavy atom. The molecule has 2 aliphatic heterocycles. The number of hydrogen-bond acceptors (Lipinski definition) is 5. The number of halogens is 6. The number of alkyl halides is 6. The van der Waals surface area contributed by atoms with E-state index in [1.54, 1.807) is 0 Å². The van der Waals surface area contributed by atoms with Crippen molar-refractivity contribution >= 4 is 11.9 Å². The lowest BCUT2D eigenvalue weighted by atomic mass is 10.1. The van der Waals surface area contributed by atoms with Crippen molar-refractivity contribution in [2.24, 2.45) is 0 Å². The fourth-order valence-electron chi connectivity index (χ4n) is 3.98. The van der Waals surface area contributed by atoms with Crippen molar-refractivity contribution < 1.29 is 45.4 Å². The van der Waals surface area contributed by atoms with Gasteiger partial charge in [-0.15, -0.1) is 0 Å². The molecule has 32 heavy (non-hydrogen) atoms. The molecule has 1 aromatic carbocycles. The van der Waals surface area contributed by atoms with Crippen molar-refractivity contribution in [1.82, 2.24) is 14.5 Å². The maximum absolute atomic E-state index is 13.1. The van der Waals surface area contributed by atoms with E-state index < -0.39 is 42.1 Å². The van der Waals surface area contributed by atoms with Gasteiger partial charge in [-0.25, -0.2) is 9.78 Å². The minimum absolute atomic E-state index is 0.00661. The van der Waals surface area contributed by atoms with Gasteiger partial charge in [0.1, 0.15) is 12.1 Å². The number of imidazole rings is 1. The van der Waals surface area contributed by atoms with Gasteiger partial charge in [-0.1, -0.05) is 0 Å². The van der Waals surface area contributed by atoms with E-state index in [0.29, 0.717) is 18.6 Å². The van der Waals surface area contributed by atoms with Gasteiger partial charge < -0.3 is 14.4 Å². The molecular formula is C19H15F6N3O4. The number of esters is 1. The predicted molar refractivity (Wildman–Crippen MR) is 94.4 cm³/mol. The van der Waals surface area contributed by atoms with Gasteiger partial charge in [-0.3, -0.25) is 9.36 Å². The van der Waals surface area contributed by atoms with E-state index in [4.69, 9.17) is 4.74 Å². The first kappa shape index (κ1) is 22.0. The number of benzene rings is 1. The van der Waals surface area contributed by atoms with Crippen molar-refractivity contribution in [3.05, 3.63) is 41.5 Å². The van der Waals surface area contributed by atoms with Crippen molar-refractivity contribution in [1.29, 1.82) is 0 Å². The molecule has 13 heteroatoms. The topological polar surface area (TPSA) is 73.7 Å². The lowest BCUT2D eigenvalue weighted by Crippen LogP contribution is -2.45. The minimum atomic E-state index is -5.86. The zero-order chi connectivity index (χ0) is 23.4. The quantitative estimate of drug-likeness (QED) is 0.511. The number of ether oxygens (including phenoxy) is 2. The van der Waals surface area contributed by atoms with E-state index in [1.807, 2.05) is 0 Å². The van der Waals surface area contributed by atoms with Crippen LogP contribution in [0.25, 0.3) is 5.69 Å². The molecular weight excluding hydrogens is 448 g/mol. The van der Waals surface area contributed by atoms with Gasteiger partial charge in [0.05, 0.1) is 30.1 Å². The number of methoxy groups -OCH3 is 1. The second kappa shape index (κ2) is 7.41. The normalized spacial score (nSPS) is 18.2. The molecule has 0 unspecified atom stereocenters. The Morgan fingerprint density at radius 2 is 1.88 bits per heavy atom. The molecule has 1 amide bonds. The molecule has 7 nitrogen and oxygen atoms in total. The molecule has 3 heterocycles. The Labute approximate surface area is 176 Å². The van der Waals surface area contributed by atoms with Crippen molar-refractivity contribution in [2.45, 2.75) is 37.3 Å². The van der Waals surface area contributed by atoms with Crippen LogP contribution in [0.4, 0.5) is 26.3 Å². The van der Waals surface area contributed by atoms with Gasteiger partial charge in [-0.2, -0.15) is 26.3 Å². The van der Waals surface area contributed by atoms with Gasteiger partial charge in [0.2, 0.25) is 0 Å². The average molecular weight is 463 g/mol. The second-order valence-corrected chi connectivity index (χ2v) is 7.26. The van der Waals surface area contributed by atoms with Crippen molar-refractivity contribution in [2.75, 3.05) is 13.7 Å². The summed E-state index contributed by atoms with van der Waals surface area (Å²) in [4.78, 5) is 30.7. The van der Waals surface area contributed by atoms with Crippen LogP contribution in [-0.2, 0) is 4.74 Å². The molecule has 0 bridgehead atoms. The number of hydrogen-bond donors (Lipinski definition) is 0. The fraction of sp³-hybridized carbons (Fsp3) is 0.421. The minimum Gasteiger partial charge on any atom is -0.497 e. The van der Waals surface area contributed by atoms with Crippen LogP contribution in [0.3, 0.4) is 0 Å². The standard InChI is InChI=1S/C19H15F6N3O4/c1-31-9-4-5-11-10(7-9)15(29)27-6-2-3-12(27)14-13(26-8-28(11)14)16(30)32-17(18(20,21)22)19(23,24)25/h4-5,7-8,12,17H,2-3,6H2,1H3/t12-/m0/s1. The Bertz CT molecular complexity index is 1060. The number of carbonyl (C=O) groups is 2. The van der Waals surface area contributed by atoms with Crippen LogP contribution >= 0.6 is 0 Å². The van der Waals surface area contributed by atoms with E-state index in [0.717, 1.165) is 6.33 Å². The summed E-state index contributed by atoms with van der Waals surface area (Å²) < 4.78 is 87.5. The molecule has 4 rings (SSSR count). The summed E-state index contributed by atoms with van der Waals surface area (Å²) in [6.07, 6.45) is -14.1. The highest BCUT2D eigenvalue weighted by molar-refractivity contribution is 6.00. The fourth-order valence-corrected chi connectivity index (χ4v) is 3.98. The number of amides is 1. The first-order valence-corrected chi connectivity index (χ1v) is 9.34. The highest BCUT2D eigenvalue weighted by atomic mass is 19.4. The second-order valence-electron chi connectivity index (χ2n) is 7.26. The van der Waals surface area contributed by atoms with E-state index in [1.165, 1.54) is 34.8 Å². The lowest BCUT2D eigenvalue weighted by molar-refractivity contribution is -0.307. The molecule has 1 fully saturated rings. The molecule has 2 aliphatic rings. The highest BCUT2D eigenvalue weighted by Crippen LogP contribution is 2.41. The molecule has 0 N–H and O–H groups in total. The van der Waals surface area contributed by atoms with E-state index in [2.05, 4.69) is 9.72 Å². The Hall–Kier alpha value is -3.25. The average Bonchev–Trinajstić information content (AvgIpc) is 3.34. The SMILES string of the molecule is COc1ccc2c(c1)C(=O)N1CCC[C@H]1c1c(C(=O)OC(C(F)(F)F)C(F)(F)F)ncn1-2. The van der Waals surface area contributed by atoms with Crippen LogP contribution < -0.4 is 4.74 Å². The van der Waals surface area contributed by atoms with Crippen LogP contribution in [0.15, 0.2) is 24.5 Å². The molecule has 0 radical (unpaired) electrons. The smallest absolute Gasteiger partial charge is 0.434 e. The largest absolute Gasteiger partial charge is 0.497 e. The Kier molecular flexibility index (Phi) is 5.09. The van der Waals surface area contributed by atoms with E-state index >= 15 is 0 Å². The van der Waals surface area contributed by atoms with E-state index in [-0.39, 0.29) is 23.5 Å². The summed E-state index contributed by atoms with van der Waals surface area (Å²) in [5.41, 5.74) is -0.268. The molecule has 1 atom stereocenters. The maximum atomic E-state index is 13.1. The van der Waals surface area contributed by atoms with Crippen LogP contribution in [0, 0.1) is 0 Å². The summed E-state index contributed by atoms with van der Waals surface area (Å²) in [5, 5.41) is 0. The third kappa shape index (κ3) is 3.54. The third-order valence-corrected chi connectivity index (χ3v) is 5.34.